The van der Waals surface area contributed by atoms with Crippen LogP contribution in [0.15, 0.2) is 24.3 Å². The predicted molar refractivity (Wildman–Crippen MR) is 96.2 cm³/mol. The second-order valence-corrected chi connectivity index (χ2v) is 6.72. The Morgan fingerprint density at radius 2 is 2.04 bits per heavy atom. The molecule has 0 aromatic heterocycles. The SMILES string of the molecule is CN(CCCC(=O)O)C(=O)C1CCCN(C(=O)c2ccccc2OC(F)F)C1. The fourth-order valence-electron chi connectivity index (χ4n) is 3.26. The summed E-state index contributed by atoms with van der Waals surface area (Å²) >= 11 is 0. The van der Waals surface area contributed by atoms with Gasteiger partial charge in [-0.1, -0.05) is 12.1 Å². The van der Waals surface area contributed by atoms with Crippen molar-refractivity contribution in [1.29, 1.82) is 0 Å². The lowest BCUT2D eigenvalue weighted by molar-refractivity contribution is -0.139. The molecular formula is C19H24F2N2O5. The minimum absolute atomic E-state index is 0.0200. The first-order valence-electron chi connectivity index (χ1n) is 9.09. The summed E-state index contributed by atoms with van der Waals surface area (Å²) in [5, 5.41) is 8.69. The first-order chi connectivity index (χ1) is 13.3. The first kappa shape index (κ1) is 21.6. The van der Waals surface area contributed by atoms with E-state index in [1.807, 2.05) is 0 Å². The number of piperidine rings is 1. The maximum atomic E-state index is 12.8. The van der Waals surface area contributed by atoms with Crippen LogP contribution in [0, 0.1) is 5.92 Å². The summed E-state index contributed by atoms with van der Waals surface area (Å²) in [6, 6.07) is 5.79. The van der Waals surface area contributed by atoms with Gasteiger partial charge >= 0.3 is 12.6 Å². The van der Waals surface area contributed by atoms with Crippen molar-refractivity contribution in [2.75, 3.05) is 26.7 Å². The van der Waals surface area contributed by atoms with Gasteiger partial charge < -0.3 is 19.6 Å². The molecule has 1 fully saturated rings. The number of carboxylic acid groups (broad SMARTS) is 1. The monoisotopic (exact) mass is 398 g/mol. The molecule has 1 aromatic carbocycles. The number of alkyl halides is 2. The van der Waals surface area contributed by atoms with Crippen LogP contribution < -0.4 is 4.74 Å². The average molecular weight is 398 g/mol. The van der Waals surface area contributed by atoms with Crippen molar-refractivity contribution in [3.05, 3.63) is 29.8 Å². The van der Waals surface area contributed by atoms with Crippen LogP contribution in [0.1, 0.15) is 36.0 Å². The van der Waals surface area contributed by atoms with Crippen LogP contribution in [0.2, 0.25) is 0 Å². The lowest BCUT2D eigenvalue weighted by atomic mass is 9.95. The van der Waals surface area contributed by atoms with Crippen LogP contribution in [-0.2, 0) is 9.59 Å². The lowest BCUT2D eigenvalue weighted by Crippen LogP contribution is -2.46. The van der Waals surface area contributed by atoms with Crippen molar-refractivity contribution in [2.24, 2.45) is 5.92 Å². The molecular weight excluding hydrogens is 374 g/mol. The Labute approximate surface area is 161 Å². The molecule has 1 saturated heterocycles. The Kier molecular flexibility index (Phi) is 7.71. The molecule has 9 heteroatoms. The van der Waals surface area contributed by atoms with Crippen molar-refractivity contribution in [2.45, 2.75) is 32.3 Å². The maximum Gasteiger partial charge on any atom is 0.387 e. The van der Waals surface area contributed by atoms with Crippen LogP contribution >= 0.6 is 0 Å². The molecule has 1 N–H and O–H groups in total. The van der Waals surface area contributed by atoms with E-state index in [0.717, 1.165) is 0 Å². The number of nitrogens with zero attached hydrogens (tertiary/aromatic N) is 2. The highest BCUT2D eigenvalue weighted by Crippen LogP contribution is 2.25. The number of likely N-dealkylation sites (tertiary alicyclic amines) is 1. The number of hydrogen-bond acceptors (Lipinski definition) is 4. The zero-order chi connectivity index (χ0) is 20.7. The number of aliphatic carboxylic acids is 1. The van der Waals surface area contributed by atoms with E-state index in [2.05, 4.69) is 4.74 Å². The van der Waals surface area contributed by atoms with Crippen LogP contribution in [-0.4, -0.2) is 66.0 Å². The first-order valence-corrected chi connectivity index (χ1v) is 9.09. The second-order valence-electron chi connectivity index (χ2n) is 6.72. The largest absolute Gasteiger partial charge is 0.481 e. The third-order valence-corrected chi connectivity index (χ3v) is 4.65. The van der Waals surface area contributed by atoms with E-state index < -0.39 is 24.4 Å². The van der Waals surface area contributed by atoms with Gasteiger partial charge in [-0.05, 0) is 31.4 Å². The van der Waals surface area contributed by atoms with Gasteiger partial charge in [0.25, 0.3) is 5.91 Å². The van der Waals surface area contributed by atoms with Crippen LogP contribution in [0.5, 0.6) is 5.75 Å². The van der Waals surface area contributed by atoms with Crippen molar-refractivity contribution < 1.29 is 33.0 Å². The summed E-state index contributed by atoms with van der Waals surface area (Å²) in [6.45, 7) is -2.11. The Balaban J connectivity index is 2.02. The van der Waals surface area contributed by atoms with Gasteiger partial charge in [-0.2, -0.15) is 8.78 Å². The van der Waals surface area contributed by atoms with Crippen LogP contribution in [0.3, 0.4) is 0 Å². The fourth-order valence-corrected chi connectivity index (χ4v) is 3.26. The number of ether oxygens (including phenoxy) is 1. The lowest BCUT2D eigenvalue weighted by Gasteiger charge is -2.34. The molecule has 0 radical (unpaired) electrons. The van der Waals surface area contributed by atoms with E-state index in [-0.39, 0.29) is 30.2 Å². The molecule has 1 atom stereocenters. The minimum Gasteiger partial charge on any atom is -0.481 e. The van der Waals surface area contributed by atoms with Crippen molar-refractivity contribution in [3.63, 3.8) is 0 Å². The van der Waals surface area contributed by atoms with Crippen molar-refractivity contribution in [1.82, 2.24) is 9.80 Å². The van der Waals surface area contributed by atoms with Gasteiger partial charge in [0.15, 0.2) is 0 Å². The van der Waals surface area contributed by atoms with Gasteiger partial charge in [-0.25, -0.2) is 0 Å². The molecule has 0 spiro atoms. The molecule has 0 aliphatic carbocycles. The zero-order valence-electron chi connectivity index (χ0n) is 15.6. The highest BCUT2D eigenvalue weighted by Gasteiger charge is 2.31. The summed E-state index contributed by atoms with van der Waals surface area (Å²) in [5.41, 5.74) is 0.0331. The van der Waals surface area contributed by atoms with Crippen LogP contribution in [0.4, 0.5) is 8.78 Å². The molecule has 0 saturated carbocycles. The number of para-hydroxylation sites is 1. The summed E-state index contributed by atoms with van der Waals surface area (Å²) in [7, 11) is 1.61. The van der Waals surface area contributed by atoms with Crippen molar-refractivity contribution in [3.8, 4) is 5.75 Å². The van der Waals surface area contributed by atoms with E-state index in [1.165, 1.54) is 28.0 Å². The molecule has 1 aromatic rings. The average Bonchev–Trinajstić information content (AvgIpc) is 2.66. The van der Waals surface area contributed by atoms with Gasteiger partial charge in [0, 0.05) is 33.1 Å². The third-order valence-electron chi connectivity index (χ3n) is 4.65. The number of carbonyl (C=O) groups is 3. The number of carbonyl (C=O) groups excluding carboxylic acids is 2. The number of hydrogen-bond donors (Lipinski definition) is 1. The highest BCUT2D eigenvalue weighted by atomic mass is 19.3. The summed E-state index contributed by atoms with van der Waals surface area (Å²) < 4.78 is 29.6. The zero-order valence-corrected chi connectivity index (χ0v) is 15.6. The number of halogens is 2. The van der Waals surface area contributed by atoms with E-state index in [9.17, 15) is 23.2 Å². The van der Waals surface area contributed by atoms with Gasteiger partial charge in [0.05, 0.1) is 11.5 Å². The molecule has 0 bridgehead atoms. The van der Waals surface area contributed by atoms with E-state index >= 15 is 0 Å². The third kappa shape index (κ3) is 5.90. The summed E-state index contributed by atoms with van der Waals surface area (Å²) in [5.74, 6) is -2.13. The van der Waals surface area contributed by atoms with Crippen molar-refractivity contribution >= 4 is 17.8 Å². The Hall–Kier alpha value is -2.71. The molecule has 154 valence electrons. The molecule has 1 unspecified atom stereocenters. The van der Waals surface area contributed by atoms with Gasteiger partial charge in [0.1, 0.15) is 5.75 Å². The smallest absolute Gasteiger partial charge is 0.387 e. The number of amides is 2. The predicted octanol–water partition coefficient (Wildman–Crippen LogP) is 2.46. The fraction of sp³-hybridized carbons (Fsp3) is 0.526. The Bertz CT molecular complexity index is 713. The highest BCUT2D eigenvalue weighted by molar-refractivity contribution is 5.97. The van der Waals surface area contributed by atoms with Crippen LogP contribution in [0.25, 0.3) is 0 Å². The number of carboxylic acids is 1. The molecule has 28 heavy (non-hydrogen) atoms. The number of benzene rings is 1. The molecule has 2 rings (SSSR count). The normalized spacial score (nSPS) is 16.7. The van der Waals surface area contributed by atoms with Gasteiger partial charge in [-0.3, -0.25) is 14.4 Å². The van der Waals surface area contributed by atoms with E-state index in [4.69, 9.17) is 5.11 Å². The quantitative estimate of drug-likeness (QED) is 0.727. The summed E-state index contributed by atoms with van der Waals surface area (Å²) in [6.07, 6.45) is 1.56. The van der Waals surface area contributed by atoms with E-state index in [0.29, 0.717) is 32.4 Å². The summed E-state index contributed by atoms with van der Waals surface area (Å²) in [4.78, 5) is 39.0. The van der Waals surface area contributed by atoms with Gasteiger partial charge in [0.2, 0.25) is 5.91 Å². The maximum absolute atomic E-state index is 12.8. The Morgan fingerprint density at radius 3 is 2.71 bits per heavy atom. The molecule has 2 amide bonds. The minimum atomic E-state index is -3.04. The topological polar surface area (TPSA) is 87.2 Å². The molecule has 7 nitrogen and oxygen atoms in total. The second kappa shape index (κ2) is 10.0. The molecule has 1 aliphatic heterocycles. The number of rotatable bonds is 8. The van der Waals surface area contributed by atoms with E-state index in [1.54, 1.807) is 13.1 Å². The molecule has 1 heterocycles. The molecule has 1 aliphatic rings. The van der Waals surface area contributed by atoms with Gasteiger partial charge in [-0.15, -0.1) is 0 Å². The Morgan fingerprint density at radius 1 is 1.32 bits per heavy atom. The standard InChI is InChI=1S/C19H24F2N2O5/c1-22(10-5-9-16(24)25)17(26)13-6-4-11-23(12-13)18(27)14-7-2-3-8-15(14)28-19(20)21/h2-3,7-8,13,19H,4-6,9-12H2,1H3,(H,24,25).